The van der Waals surface area contributed by atoms with Crippen LogP contribution >= 0.6 is 15.9 Å². The minimum atomic E-state index is 0.121. The number of aliphatic imine (C=N–C) groups is 1. The van der Waals surface area contributed by atoms with Gasteiger partial charge in [-0.15, -0.1) is 0 Å². The number of halogens is 1. The molecule has 0 spiro atoms. The van der Waals surface area contributed by atoms with Crippen LogP contribution in [0.4, 0.5) is 5.82 Å². The third-order valence-electron chi connectivity index (χ3n) is 8.35. The maximum atomic E-state index is 6.55. The summed E-state index contributed by atoms with van der Waals surface area (Å²) in [6.45, 7) is 19.3. The van der Waals surface area contributed by atoms with Crippen LogP contribution < -0.4 is 9.64 Å². The van der Waals surface area contributed by atoms with Gasteiger partial charge in [-0.1, -0.05) is 72.3 Å². The van der Waals surface area contributed by atoms with Crippen LogP contribution in [0.2, 0.25) is 0 Å². The van der Waals surface area contributed by atoms with Crippen LogP contribution in [0.25, 0.3) is 11.1 Å². The summed E-state index contributed by atoms with van der Waals surface area (Å²) in [5.74, 6) is 0.938. The fourth-order valence-electron chi connectivity index (χ4n) is 5.53. The van der Waals surface area contributed by atoms with E-state index < -0.39 is 0 Å². The van der Waals surface area contributed by atoms with E-state index in [1.165, 1.54) is 51.4 Å². The second kappa shape index (κ2) is 16.1. The Hall–Kier alpha value is -1.73. The van der Waals surface area contributed by atoms with E-state index in [9.17, 15) is 0 Å². The summed E-state index contributed by atoms with van der Waals surface area (Å²) in [6.07, 6.45) is 14.0. The molecular weight excluding hydrogens is 564 g/mol. The number of unbranched alkanes of at least 4 members (excludes halogenated alkanes) is 4. The minimum Gasteiger partial charge on any atom is -0.463 e. The van der Waals surface area contributed by atoms with Gasteiger partial charge in [-0.25, -0.2) is 0 Å². The highest BCUT2D eigenvalue weighted by atomic mass is 79.9. The molecule has 2 unspecified atom stereocenters. The zero-order valence-electron chi connectivity index (χ0n) is 26.2. The molecular formula is C33H53BrN4O2. The van der Waals surface area contributed by atoms with Crippen molar-refractivity contribution >= 4 is 38.6 Å². The Kier molecular flexibility index (Phi) is 13.2. The molecule has 2 atom stereocenters. The molecule has 1 aliphatic carbocycles. The largest absolute Gasteiger partial charge is 0.463 e. The molecule has 1 saturated heterocycles. The van der Waals surface area contributed by atoms with Crippen molar-refractivity contribution in [2.45, 2.75) is 119 Å². The van der Waals surface area contributed by atoms with Gasteiger partial charge in [0.1, 0.15) is 5.82 Å². The van der Waals surface area contributed by atoms with E-state index in [1.807, 2.05) is 0 Å². The number of allylic oxidation sites excluding steroid dienone is 4. The summed E-state index contributed by atoms with van der Waals surface area (Å²) in [5, 5.41) is 0. The molecule has 6 nitrogen and oxygen atoms in total. The number of hydrogen-bond acceptors (Lipinski definition) is 6. The SMILES string of the molecule is C/C=C1\C(=NC(C)CC)C(Br)=C(C)c2nc(OCC(C)(CCCC)CCCCCC)nc(N3CCCOCC3)c21. The fourth-order valence-corrected chi connectivity index (χ4v) is 6.03. The second-order valence-electron chi connectivity index (χ2n) is 11.9. The van der Waals surface area contributed by atoms with Crippen molar-refractivity contribution in [3.63, 3.8) is 0 Å². The van der Waals surface area contributed by atoms with Crippen LogP contribution in [0, 0.1) is 5.41 Å². The molecule has 0 saturated carbocycles. The summed E-state index contributed by atoms with van der Waals surface area (Å²) in [4.78, 5) is 17.7. The van der Waals surface area contributed by atoms with E-state index in [4.69, 9.17) is 24.4 Å². The molecule has 3 rings (SSSR count). The number of rotatable bonds is 14. The Labute approximate surface area is 252 Å². The van der Waals surface area contributed by atoms with Crippen LogP contribution in [0.1, 0.15) is 124 Å². The van der Waals surface area contributed by atoms with Gasteiger partial charge in [0.05, 0.1) is 30.2 Å². The highest BCUT2D eigenvalue weighted by molar-refractivity contribution is 9.12. The number of aromatic nitrogens is 2. The first-order valence-corrected chi connectivity index (χ1v) is 16.6. The van der Waals surface area contributed by atoms with E-state index in [0.717, 1.165) is 71.0 Å². The van der Waals surface area contributed by atoms with E-state index >= 15 is 0 Å². The molecule has 2 aliphatic rings. The van der Waals surface area contributed by atoms with Crippen LogP contribution in [0.15, 0.2) is 15.6 Å². The van der Waals surface area contributed by atoms with Crippen molar-refractivity contribution in [3.05, 3.63) is 21.8 Å². The molecule has 2 heterocycles. The normalized spacial score (nSPS) is 20.4. The average Bonchev–Trinajstić information content (AvgIpc) is 3.25. The maximum Gasteiger partial charge on any atom is 0.318 e. The van der Waals surface area contributed by atoms with Gasteiger partial charge in [0.2, 0.25) is 0 Å². The Morgan fingerprint density at radius 3 is 2.52 bits per heavy atom. The van der Waals surface area contributed by atoms with Crippen molar-refractivity contribution in [2.75, 3.05) is 37.8 Å². The molecule has 0 radical (unpaired) electrons. The first-order chi connectivity index (χ1) is 19.3. The summed E-state index contributed by atoms with van der Waals surface area (Å²) in [7, 11) is 0. The molecule has 1 aromatic rings. The second-order valence-corrected chi connectivity index (χ2v) is 12.7. The molecule has 0 aromatic carbocycles. The van der Waals surface area contributed by atoms with E-state index in [1.54, 1.807) is 0 Å². The Morgan fingerprint density at radius 2 is 1.82 bits per heavy atom. The van der Waals surface area contributed by atoms with Crippen LogP contribution in [-0.4, -0.2) is 54.6 Å². The van der Waals surface area contributed by atoms with Crippen molar-refractivity contribution < 1.29 is 9.47 Å². The summed E-state index contributed by atoms with van der Waals surface area (Å²) >= 11 is 3.90. The number of anilines is 1. The molecule has 0 N–H and O–H groups in total. The molecule has 0 bridgehead atoms. The smallest absolute Gasteiger partial charge is 0.318 e. The summed E-state index contributed by atoms with van der Waals surface area (Å²) in [5.41, 5.74) is 5.28. The van der Waals surface area contributed by atoms with Crippen LogP contribution in [-0.2, 0) is 4.74 Å². The van der Waals surface area contributed by atoms with Crippen molar-refractivity contribution in [3.8, 4) is 6.01 Å². The van der Waals surface area contributed by atoms with Gasteiger partial charge in [-0.3, -0.25) is 4.99 Å². The highest BCUT2D eigenvalue weighted by Crippen LogP contribution is 2.43. The summed E-state index contributed by atoms with van der Waals surface area (Å²) in [6, 6.07) is 0.705. The fraction of sp³-hybridized carbons (Fsp3) is 0.727. The lowest BCUT2D eigenvalue weighted by atomic mass is 9.81. The Bertz CT molecular complexity index is 1060. The Balaban J connectivity index is 2.05. The molecule has 1 fully saturated rings. The van der Waals surface area contributed by atoms with Gasteiger partial charge >= 0.3 is 6.01 Å². The van der Waals surface area contributed by atoms with Gasteiger partial charge in [-0.05, 0) is 68.0 Å². The van der Waals surface area contributed by atoms with Crippen LogP contribution in [0.3, 0.4) is 0 Å². The average molecular weight is 618 g/mol. The lowest BCUT2D eigenvalue weighted by Crippen LogP contribution is -2.31. The van der Waals surface area contributed by atoms with E-state index in [0.29, 0.717) is 19.2 Å². The van der Waals surface area contributed by atoms with E-state index in [2.05, 4.69) is 75.4 Å². The minimum absolute atomic E-state index is 0.121. The molecule has 7 heteroatoms. The number of fused-ring (bicyclic) bond motifs is 1. The molecule has 0 amide bonds. The Morgan fingerprint density at radius 1 is 1.07 bits per heavy atom. The molecule has 40 heavy (non-hydrogen) atoms. The first-order valence-electron chi connectivity index (χ1n) is 15.8. The third-order valence-corrected chi connectivity index (χ3v) is 9.32. The quantitative estimate of drug-likeness (QED) is 0.195. The van der Waals surface area contributed by atoms with Gasteiger partial charge in [-0.2, -0.15) is 9.97 Å². The zero-order chi connectivity index (χ0) is 29.1. The highest BCUT2D eigenvalue weighted by Gasteiger charge is 2.33. The molecule has 1 aliphatic heterocycles. The van der Waals surface area contributed by atoms with Gasteiger partial charge in [0.25, 0.3) is 0 Å². The molecule has 224 valence electrons. The number of ether oxygens (including phenoxy) is 2. The lowest BCUT2D eigenvalue weighted by Gasteiger charge is -2.32. The lowest BCUT2D eigenvalue weighted by molar-refractivity contribution is 0.125. The first kappa shape index (κ1) is 32.8. The van der Waals surface area contributed by atoms with Crippen LogP contribution in [0.5, 0.6) is 6.01 Å². The number of nitrogens with zero attached hydrogens (tertiary/aromatic N) is 4. The van der Waals surface area contributed by atoms with E-state index in [-0.39, 0.29) is 11.5 Å². The van der Waals surface area contributed by atoms with Crippen molar-refractivity contribution in [1.82, 2.24) is 9.97 Å². The topological polar surface area (TPSA) is 59.8 Å². The number of hydrogen-bond donors (Lipinski definition) is 0. The monoisotopic (exact) mass is 616 g/mol. The van der Waals surface area contributed by atoms with Crippen molar-refractivity contribution in [1.29, 1.82) is 0 Å². The molecule has 1 aromatic heterocycles. The zero-order valence-corrected chi connectivity index (χ0v) is 27.8. The van der Waals surface area contributed by atoms with Crippen molar-refractivity contribution in [2.24, 2.45) is 10.4 Å². The third kappa shape index (κ3) is 8.40. The maximum absolute atomic E-state index is 6.55. The predicted molar refractivity (Wildman–Crippen MR) is 174 cm³/mol. The summed E-state index contributed by atoms with van der Waals surface area (Å²) < 4.78 is 13.4. The predicted octanol–water partition coefficient (Wildman–Crippen LogP) is 9.03. The van der Waals surface area contributed by atoms with Gasteiger partial charge in [0.15, 0.2) is 0 Å². The van der Waals surface area contributed by atoms with Gasteiger partial charge in [0, 0.05) is 41.2 Å². The van der Waals surface area contributed by atoms with Gasteiger partial charge < -0.3 is 14.4 Å². The standard InChI is InChI=1S/C33H53BrN4O2/c1-8-12-14-15-18-33(7,17-13-9-2)23-40-32-36-29-25(6)28(34)30(35-24(5)10-3)26(11-4)27(29)31(37-32)38-19-16-21-39-22-20-38/h11,24H,8-10,12-23H2,1-7H3/b26-11-,35-30?.